The van der Waals surface area contributed by atoms with Gasteiger partial charge in [0.1, 0.15) is 0 Å². The first-order valence-electron chi connectivity index (χ1n) is 4.85. The first-order valence-corrected chi connectivity index (χ1v) is 5.61. The minimum atomic E-state index is 0.325. The number of rotatable bonds is 1. The van der Waals surface area contributed by atoms with Crippen LogP contribution in [-0.4, -0.2) is 6.54 Å². The third-order valence-electron chi connectivity index (χ3n) is 2.70. The minimum absolute atomic E-state index is 0.325. The summed E-state index contributed by atoms with van der Waals surface area (Å²) < 4.78 is 0. The lowest BCUT2D eigenvalue weighted by Gasteiger charge is -2.14. The molecule has 0 spiro atoms. The highest BCUT2D eigenvalue weighted by molar-refractivity contribution is 6.36. The molecule has 1 saturated heterocycles. The summed E-state index contributed by atoms with van der Waals surface area (Å²) in [6, 6.07) is 6.00. The molecule has 1 aromatic rings. The van der Waals surface area contributed by atoms with Crippen LogP contribution in [0.1, 0.15) is 24.9 Å². The van der Waals surface area contributed by atoms with Crippen LogP contribution in [0.3, 0.4) is 0 Å². The van der Waals surface area contributed by atoms with E-state index in [9.17, 15) is 0 Å². The van der Waals surface area contributed by atoms with Crippen LogP contribution in [0.15, 0.2) is 18.2 Å². The van der Waals surface area contributed by atoms with Gasteiger partial charge in [-0.3, -0.25) is 0 Å². The summed E-state index contributed by atoms with van der Waals surface area (Å²) in [6.07, 6.45) is 1.11. The molecule has 14 heavy (non-hydrogen) atoms. The zero-order valence-electron chi connectivity index (χ0n) is 8.06. The zero-order valence-corrected chi connectivity index (χ0v) is 9.57. The van der Waals surface area contributed by atoms with Gasteiger partial charge in [0.15, 0.2) is 0 Å². The van der Waals surface area contributed by atoms with Gasteiger partial charge in [-0.1, -0.05) is 36.2 Å². The Morgan fingerprint density at radius 3 is 2.43 bits per heavy atom. The molecule has 0 aromatic heterocycles. The Bertz CT molecular complexity index is 318. The quantitative estimate of drug-likeness (QED) is 0.776. The molecule has 0 radical (unpaired) electrons. The van der Waals surface area contributed by atoms with E-state index in [1.54, 1.807) is 0 Å². The maximum atomic E-state index is 6.13. The fraction of sp³-hybridized carbons (Fsp3) is 0.455. The number of nitrogens with one attached hydrogen (secondary N) is 1. The normalized spacial score (nSPS) is 26.8. The highest BCUT2D eigenvalue weighted by Gasteiger charge is 2.25. The second-order valence-electron chi connectivity index (χ2n) is 3.94. The molecule has 0 aliphatic carbocycles. The van der Waals surface area contributed by atoms with Crippen molar-refractivity contribution in [3.05, 3.63) is 33.8 Å². The number of hydrogen-bond acceptors (Lipinski definition) is 1. The predicted octanol–water partition coefficient (Wildman–Crippen LogP) is 3.66. The maximum Gasteiger partial charge on any atom is 0.0468 e. The Morgan fingerprint density at radius 2 is 1.93 bits per heavy atom. The molecule has 2 atom stereocenters. The van der Waals surface area contributed by atoms with Gasteiger partial charge in [-0.15, -0.1) is 0 Å². The van der Waals surface area contributed by atoms with E-state index < -0.39 is 0 Å². The lowest BCUT2D eigenvalue weighted by Crippen LogP contribution is -2.14. The Hall–Kier alpha value is -0.240. The van der Waals surface area contributed by atoms with Crippen LogP contribution in [0.25, 0.3) is 0 Å². The molecule has 0 unspecified atom stereocenters. The Labute approximate surface area is 94.4 Å². The van der Waals surface area contributed by atoms with E-state index in [0.29, 0.717) is 12.0 Å². The standard InChI is InChI=1S/C11H13Cl2N/c1-7-5-10(14-6-7)11-8(12)3-2-4-9(11)13/h2-4,7,10,14H,5-6H2,1H3/t7-,10+/m0/s1. The van der Waals surface area contributed by atoms with E-state index in [-0.39, 0.29) is 0 Å². The summed E-state index contributed by atoms with van der Waals surface area (Å²) in [6.45, 7) is 3.28. The first-order chi connectivity index (χ1) is 6.68. The van der Waals surface area contributed by atoms with Gasteiger partial charge in [0.05, 0.1) is 0 Å². The fourth-order valence-corrected chi connectivity index (χ4v) is 2.64. The summed E-state index contributed by atoms with van der Waals surface area (Å²) in [5.41, 5.74) is 1.06. The van der Waals surface area contributed by atoms with Crippen LogP contribution in [0.5, 0.6) is 0 Å². The summed E-state index contributed by atoms with van der Waals surface area (Å²) in [5, 5.41) is 4.97. The molecule has 1 aliphatic rings. The van der Waals surface area contributed by atoms with Crippen molar-refractivity contribution in [2.24, 2.45) is 5.92 Å². The van der Waals surface area contributed by atoms with Crippen LogP contribution in [0.2, 0.25) is 10.0 Å². The Balaban J connectivity index is 2.31. The molecule has 2 rings (SSSR count). The van der Waals surface area contributed by atoms with Crippen molar-refractivity contribution in [2.75, 3.05) is 6.54 Å². The van der Waals surface area contributed by atoms with Crippen molar-refractivity contribution in [3.63, 3.8) is 0 Å². The molecule has 1 N–H and O–H groups in total. The van der Waals surface area contributed by atoms with Crippen LogP contribution in [0, 0.1) is 5.92 Å². The molecule has 1 heterocycles. The van der Waals surface area contributed by atoms with Crippen molar-refractivity contribution < 1.29 is 0 Å². The van der Waals surface area contributed by atoms with Crippen molar-refractivity contribution >= 4 is 23.2 Å². The molecule has 1 fully saturated rings. The average Bonchev–Trinajstić information content (AvgIpc) is 2.51. The molecule has 1 nitrogen and oxygen atoms in total. The van der Waals surface area contributed by atoms with Gasteiger partial charge in [0, 0.05) is 21.7 Å². The molecular weight excluding hydrogens is 217 g/mol. The molecule has 0 bridgehead atoms. The summed E-state index contributed by atoms with van der Waals surface area (Å²) in [5.74, 6) is 0.701. The van der Waals surface area contributed by atoms with E-state index in [2.05, 4.69) is 12.2 Å². The predicted molar refractivity (Wildman–Crippen MR) is 61.0 cm³/mol. The first kappa shape index (κ1) is 10.3. The van der Waals surface area contributed by atoms with E-state index in [1.165, 1.54) is 0 Å². The molecule has 3 heteroatoms. The van der Waals surface area contributed by atoms with Crippen LogP contribution in [0.4, 0.5) is 0 Å². The Kier molecular flexibility index (Phi) is 3.01. The van der Waals surface area contributed by atoms with Crippen LogP contribution >= 0.6 is 23.2 Å². The second kappa shape index (κ2) is 4.09. The molecule has 1 aromatic carbocycles. The molecule has 1 aliphatic heterocycles. The van der Waals surface area contributed by atoms with Gasteiger partial charge in [-0.2, -0.15) is 0 Å². The van der Waals surface area contributed by atoms with Gasteiger partial charge < -0.3 is 5.32 Å². The summed E-state index contributed by atoms with van der Waals surface area (Å²) in [7, 11) is 0. The number of halogens is 2. The maximum absolute atomic E-state index is 6.13. The van der Waals surface area contributed by atoms with E-state index >= 15 is 0 Å². The second-order valence-corrected chi connectivity index (χ2v) is 4.75. The zero-order chi connectivity index (χ0) is 10.1. The van der Waals surface area contributed by atoms with Crippen LogP contribution in [-0.2, 0) is 0 Å². The molecular formula is C11H13Cl2N. The minimum Gasteiger partial charge on any atom is -0.310 e. The molecule has 0 saturated carbocycles. The van der Waals surface area contributed by atoms with E-state index in [0.717, 1.165) is 28.6 Å². The van der Waals surface area contributed by atoms with Gasteiger partial charge in [-0.05, 0) is 31.0 Å². The van der Waals surface area contributed by atoms with Crippen molar-refractivity contribution in [3.8, 4) is 0 Å². The number of benzene rings is 1. The summed E-state index contributed by atoms with van der Waals surface area (Å²) >= 11 is 12.3. The lowest BCUT2D eigenvalue weighted by atomic mass is 10.0. The van der Waals surface area contributed by atoms with Crippen molar-refractivity contribution in [2.45, 2.75) is 19.4 Å². The topological polar surface area (TPSA) is 12.0 Å². The van der Waals surface area contributed by atoms with Gasteiger partial charge in [0.25, 0.3) is 0 Å². The fourth-order valence-electron chi connectivity index (χ4n) is 1.98. The van der Waals surface area contributed by atoms with Gasteiger partial charge >= 0.3 is 0 Å². The monoisotopic (exact) mass is 229 g/mol. The summed E-state index contributed by atoms with van der Waals surface area (Å²) in [4.78, 5) is 0. The number of hydrogen-bond donors (Lipinski definition) is 1. The molecule has 0 amide bonds. The Morgan fingerprint density at radius 1 is 1.29 bits per heavy atom. The van der Waals surface area contributed by atoms with Crippen molar-refractivity contribution in [1.82, 2.24) is 5.32 Å². The van der Waals surface area contributed by atoms with Crippen LogP contribution < -0.4 is 5.32 Å². The third kappa shape index (κ3) is 1.90. The van der Waals surface area contributed by atoms with Gasteiger partial charge in [-0.25, -0.2) is 0 Å². The third-order valence-corrected chi connectivity index (χ3v) is 3.36. The lowest BCUT2D eigenvalue weighted by molar-refractivity contribution is 0.612. The smallest absolute Gasteiger partial charge is 0.0468 e. The SMILES string of the molecule is C[C@@H]1CN[C@@H](c2c(Cl)cccc2Cl)C1. The van der Waals surface area contributed by atoms with Crippen molar-refractivity contribution in [1.29, 1.82) is 0 Å². The highest BCUT2D eigenvalue weighted by atomic mass is 35.5. The van der Waals surface area contributed by atoms with Gasteiger partial charge in [0.2, 0.25) is 0 Å². The molecule has 76 valence electrons. The van der Waals surface area contributed by atoms with E-state index in [4.69, 9.17) is 23.2 Å². The largest absolute Gasteiger partial charge is 0.310 e. The van der Waals surface area contributed by atoms with E-state index in [1.807, 2.05) is 18.2 Å². The highest BCUT2D eigenvalue weighted by Crippen LogP contribution is 2.35. The average molecular weight is 230 g/mol.